The molecule has 5 atom stereocenters. The van der Waals surface area contributed by atoms with E-state index in [1.54, 1.807) is 0 Å². The Morgan fingerprint density at radius 2 is 1.81 bits per heavy atom. The van der Waals surface area contributed by atoms with Crippen LogP contribution in [0.4, 0.5) is 0 Å². The van der Waals surface area contributed by atoms with Gasteiger partial charge >= 0.3 is 0 Å². The normalized spacial score (nSPS) is 41.3. The Morgan fingerprint density at radius 3 is 2.43 bits per heavy atom. The summed E-state index contributed by atoms with van der Waals surface area (Å²) in [6, 6.07) is 12.4. The zero-order valence-electron chi connectivity index (χ0n) is 14.0. The fourth-order valence-corrected chi connectivity index (χ4v) is 4.32. The van der Waals surface area contributed by atoms with Gasteiger partial charge in [0.15, 0.2) is 0 Å². The van der Waals surface area contributed by atoms with E-state index in [-0.39, 0.29) is 5.54 Å². The summed E-state index contributed by atoms with van der Waals surface area (Å²) in [5, 5.41) is 3.80. The summed E-state index contributed by atoms with van der Waals surface area (Å²) in [7, 11) is 0. The lowest BCUT2D eigenvalue weighted by Gasteiger charge is -2.49. The van der Waals surface area contributed by atoms with Crippen molar-refractivity contribution in [2.45, 2.75) is 58.2 Å². The molecule has 0 aromatic heterocycles. The predicted molar refractivity (Wildman–Crippen MR) is 89.3 cm³/mol. The van der Waals surface area contributed by atoms with Crippen molar-refractivity contribution in [1.29, 1.82) is 0 Å². The van der Waals surface area contributed by atoms with Crippen molar-refractivity contribution in [2.75, 3.05) is 13.1 Å². The average molecular weight is 286 g/mol. The molecular weight excluding hydrogens is 256 g/mol. The van der Waals surface area contributed by atoms with Gasteiger partial charge in [-0.15, -0.1) is 0 Å². The van der Waals surface area contributed by atoms with Crippen LogP contribution in [0.25, 0.3) is 0 Å². The number of hydrogen-bond acceptors (Lipinski definition) is 2. The van der Waals surface area contributed by atoms with Gasteiger partial charge in [0, 0.05) is 25.2 Å². The number of piperazine rings is 1. The van der Waals surface area contributed by atoms with Crippen LogP contribution in [0.3, 0.4) is 0 Å². The Morgan fingerprint density at radius 1 is 1.10 bits per heavy atom. The van der Waals surface area contributed by atoms with Crippen molar-refractivity contribution in [3.8, 4) is 0 Å². The first-order chi connectivity index (χ1) is 10.0. The highest BCUT2D eigenvalue weighted by atomic mass is 15.3. The molecule has 2 nitrogen and oxygen atoms in total. The lowest BCUT2D eigenvalue weighted by Crippen LogP contribution is -2.63. The van der Waals surface area contributed by atoms with Gasteiger partial charge in [0.05, 0.1) is 5.54 Å². The molecule has 1 N–H and O–H groups in total. The molecule has 1 saturated carbocycles. The average Bonchev–Trinajstić information content (AvgIpc) is 2.83. The zero-order valence-corrected chi connectivity index (χ0v) is 14.0. The summed E-state index contributed by atoms with van der Waals surface area (Å²) in [6.07, 6.45) is 2.77. The first-order valence-corrected chi connectivity index (χ1v) is 8.57. The third-order valence-electron chi connectivity index (χ3n) is 6.11. The number of nitrogens with zero attached hydrogens (tertiary/aromatic N) is 1. The van der Waals surface area contributed by atoms with Gasteiger partial charge in [0.1, 0.15) is 0 Å². The van der Waals surface area contributed by atoms with Gasteiger partial charge in [-0.1, -0.05) is 44.2 Å². The second kappa shape index (κ2) is 5.73. The van der Waals surface area contributed by atoms with Crippen molar-refractivity contribution in [3.05, 3.63) is 35.9 Å². The lowest BCUT2D eigenvalue weighted by molar-refractivity contribution is 0.0378. The van der Waals surface area contributed by atoms with Crippen LogP contribution in [0.5, 0.6) is 0 Å². The van der Waals surface area contributed by atoms with Crippen molar-refractivity contribution >= 4 is 0 Å². The summed E-state index contributed by atoms with van der Waals surface area (Å²) in [5.74, 6) is 1.70. The summed E-state index contributed by atoms with van der Waals surface area (Å²) in [4.78, 5) is 2.79. The van der Waals surface area contributed by atoms with Gasteiger partial charge in [-0.25, -0.2) is 0 Å². The first kappa shape index (κ1) is 15.1. The lowest BCUT2D eigenvalue weighted by atomic mass is 9.86. The molecule has 21 heavy (non-hydrogen) atoms. The molecular formula is C19H30N2. The highest BCUT2D eigenvalue weighted by Crippen LogP contribution is 2.38. The van der Waals surface area contributed by atoms with E-state index in [4.69, 9.17) is 0 Å². The molecule has 1 heterocycles. The summed E-state index contributed by atoms with van der Waals surface area (Å²) in [6.45, 7) is 11.8. The molecule has 3 rings (SSSR count). The Kier molecular flexibility index (Phi) is 4.11. The fourth-order valence-electron chi connectivity index (χ4n) is 4.32. The molecule has 2 fully saturated rings. The number of rotatable bonds is 2. The number of hydrogen-bond donors (Lipinski definition) is 1. The van der Waals surface area contributed by atoms with E-state index < -0.39 is 0 Å². The van der Waals surface area contributed by atoms with Crippen molar-refractivity contribution < 1.29 is 0 Å². The Balaban J connectivity index is 1.82. The Labute approximate surface area is 129 Å². The van der Waals surface area contributed by atoms with E-state index in [1.165, 1.54) is 18.4 Å². The molecule has 0 radical (unpaired) electrons. The second-order valence-electron chi connectivity index (χ2n) is 7.58. The molecule has 1 saturated heterocycles. The third-order valence-corrected chi connectivity index (χ3v) is 6.11. The van der Waals surface area contributed by atoms with E-state index in [0.29, 0.717) is 6.04 Å². The molecule has 1 aromatic rings. The number of benzene rings is 1. The Hall–Kier alpha value is -0.860. The summed E-state index contributed by atoms with van der Waals surface area (Å²) in [5.41, 5.74) is 1.50. The van der Waals surface area contributed by atoms with Crippen LogP contribution >= 0.6 is 0 Å². The van der Waals surface area contributed by atoms with Gasteiger partial charge in [0.2, 0.25) is 0 Å². The van der Waals surface area contributed by atoms with Crippen molar-refractivity contribution in [2.24, 2.45) is 11.8 Å². The summed E-state index contributed by atoms with van der Waals surface area (Å²) >= 11 is 0. The molecule has 0 bridgehead atoms. The highest BCUT2D eigenvalue weighted by molar-refractivity contribution is 5.25. The quantitative estimate of drug-likeness (QED) is 0.893. The molecule has 1 aliphatic carbocycles. The number of nitrogens with one attached hydrogen (secondary N) is 1. The molecule has 116 valence electrons. The highest BCUT2D eigenvalue weighted by Gasteiger charge is 2.42. The van der Waals surface area contributed by atoms with Crippen LogP contribution in [0, 0.1) is 11.8 Å². The van der Waals surface area contributed by atoms with Gasteiger partial charge in [0.25, 0.3) is 0 Å². The van der Waals surface area contributed by atoms with Crippen LogP contribution in [-0.2, 0) is 5.54 Å². The standard InChI is InChI=1S/C19H30N2/c1-14-10-11-18(16(14)3)21-13-19(4,20-12-15(21)2)17-8-6-5-7-9-17/h5-9,14-16,18,20H,10-13H2,1-4H3. The summed E-state index contributed by atoms with van der Waals surface area (Å²) < 4.78 is 0. The first-order valence-electron chi connectivity index (χ1n) is 8.57. The van der Waals surface area contributed by atoms with Gasteiger partial charge in [-0.05, 0) is 44.1 Å². The molecule has 2 heteroatoms. The maximum Gasteiger partial charge on any atom is 0.0535 e. The molecule has 0 amide bonds. The smallest absolute Gasteiger partial charge is 0.0535 e. The second-order valence-corrected chi connectivity index (χ2v) is 7.58. The SMILES string of the molecule is CC1CCC(N2CC(C)(c3ccccc3)NCC2C)C1C. The minimum Gasteiger partial charge on any atom is -0.305 e. The molecule has 2 aliphatic rings. The third kappa shape index (κ3) is 2.76. The predicted octanol–water partition coefficient (Wildman–Crippen LogP) is 3.63. The van der Waals surface area contributed by atoms with Crippen molar-refractivity contribution in [3.63, 3.8) is 0 Å². The maximum absolute atomic E-state index is 3.80. The zero-order chi connectivity index (χ0) is 15.0. The molecule has 1 aliphatic heterocycles. The monoisotopic (exact) mass is 286 g/mol. The molecule has 5 unspecified atom stereocenters. The van der Waals surface area contributed by atoms with Gasteiger partial charge < -0.3 is 5.32 Å². The van der Waals surface area contributed by atoms with Gasteiger partial charge in [-0.2, -0.15) is 0 Å². The van der Waals surface area contributed by atoms with E-state index in [9.17, 15) is 0 Å². The van der Waals surface area contributed by atoms with Gasteiger partial charge in [-0.3, -0.25) is 4.90 Å². The van der Waals surface area contributed by atoms with E-state index in [1.807, 2.05) is 0 Å². The molecule has 0 spiro atoms. The largest absolute Gasteiger partial charge is 0.305 e. The van der Waals surface area contributed by atoms with E-state index in [2.05, 4.69) is 68.2 Å². The topological polar surface area (TPSA) is 15.3 Å². The minimum atomic E-state index is 0.0827. The van der Waals surface area contributed by atoms with E-state index >= 15 is 0 Å². The van der Waals surface area contributed by atoms with Crippen LogP contribution in [0.2, 0.25) is 0 Å². The van der Waals surface area contributed by atoms with E-state index in [0.717, 1.165) is 31.0 Å². The van der Waals surface area contributed by atoms with Crippen LogP contribution in [0.1, 0.15) is 46.1 Å². The molecule has 1 aromatic carbocycles. The van der Waals surface area contributed by atoms with Crippen LogP contribution in [0.15, 0.2) is 30.3 Å². The Bertz CT molecular complexity index is 472. The van der Waals surface area contributed by atoms with Crippen LogP contribution < -0.4 is 5.32 Å². The fraction of sp³-hybridized carbons (Fsp3) is 0.684. The van der Waals surface area contributed by atoms with Crippen molar-refractivity contribution in [1.82, 2.24) is 10.2 Å². The maximum atomic E-state index is 3.80. The minimum absolute atomic E-state index is 0.0827. The van der Waals surface area contributed by atoms with Crippen LogP contribution in [-0.4, -0.2) is 30.1 Å².